The molecule has 5 heteroatoms. The molecule has 0 aliphatic heterocycles. The molecule has 0 saturated heterocycles. The zero-order chi connectivity index (χ0) is 15.9. The first-order valence-electron chi connectivity index (χ1n) is 7.09. The molecule has 0 aliphatic carbocycles. The molecule has 4 nitrogen and oxygen atoms in total. The van der Waals surface area contributed by atoms with Gasteiger partial charge in [-0.15, -0.1) is 0 Å². The lowest BCUT2D eigenvalue weighted by molar-refractivity contribution is 0.241. The predicted molar refractivity (Wildman–Crippen MR) is 89.5 cm³/mol. The maximum Gasteiger partial charge on any atom is 0.319 e. The molecule has 0 heterocycles. The number of urea groups is 1. The minimum atomic E-state index is -0.283. The lowest BCUT2D eigenvalue weighted by Crippen LogP contribution is -2.28. The van der Waals surface area contributed by atoms with Gasteiger partial charge in [-0.25, -0.2) is 4.79 Å². The van der Waals surface area contributed by atoms with E-state index in [0.717, 1.165) is 5.56 Å². The highest BCUT2D eigenvalue weighted by molar-refractivity contribution is 6.30. The van der Waals surface area contributed by atoms with Gasteiger partial charge in [-0.3, -0.25) is 0 Å². The van der Waals surface area contributed by atoms with Gasteiger partial charge in [0.15, 0.2) is 0 Å². The number of carbonyl (C=O) groups excluding carboxylic acids is 1. The minimum Gasteiger partial charge on any atom is -0.489 e. The molecule has 0 radical (unpaired) electrons. The first-order chi connectivity index (χ1) is 10.5. The number of hydrogen-bond donors (Lipinski definition) is 2. The molecular formula is C17H19ClN2O2. The highest BCUT2D eigenvalue weighted by atomic mass is 35.5. The van der Waals surface area contributed by atoms with Gasteiger partial charge in [0.2, 0.25) is 0 Å². The molecule has 2 aromatic rings. The number of halogens is 1. The van der Waals surface area contributed by atoms with E-state index in [2.05, 4.69) is 10.6 Å². The second-order valence-corrected chi connectivity index (χ2v) is 5.53. The third-order valence-corrected chi connectivity index (χ3v) is 3.12. The van der Waals surface area contributed by atoms with E-state index in [9.17, 15) is 4.79 Å². The van der Waals surface area contributed by atoms with Crippen molar-refractivity contribution < 1.29 is 9.53 Å². The molecule has 2 aromatic carbocycles. The average molecular weight is 319 g/mol. The van der Waals surface area contributed by atoms with Crippen LogP contribution in [0.15, 0.2) is 48.5 Å². The topological polar surface area (TPSA) is 50.4 Å². The number of nitrogens with one attached hydrogen (secondary N) is 2. The van der Waals surface area contributed by atoms with Crippen molar-refractivity contribution in [3.05, 3.63) is 59.1 Å². The molecule has 0 saturated carbocycles. The van der Waals surface area contributed by atoms with Crippen molar-refractivity contribution in [3.8, 4) is 5.75 Å². The van der Waals surface area contributed by atoms with E-state index in [4.69, 9.17) is 16.3 Å². The van der Waals surface area contributed by atoms with Gasteiger partial charge >= 0.3 is 6.03 Å². The van der Waals surface area contributed by atoms with Gasteiger partial charge in [0, 0.05) is 11.6 Å². The number of rotatable bonds is 5. The van der Waals surface area contributed by atoms with E-state index in [1.165, 1.54) is 0 Å². The normalized spacial score (nSPS) is 10.4. The van der Waals surface area contributed by atoms with E-state index in [1.807, 2.05) is 44.2 Å². The summed E-state index contributed by atoms with van der Waals surface area (Å²) in [5, 5.41) is 6.27. The molecule has 0 unspecified atom stereocenters. The van der Waals surface area contributed by atoms with Crippen LogP contribution in [0.2, 0.25) is 5.02 Å². The summed E-state index contributed by atoms with van der Waals surface area (Å²) in [4.78, 5) is 12.0. The number of hydrogen-bond acceptors (Lipinski definition) is 2. The average Bonchev–Trinajstić information content (AvgIpc) is 2.48. The number of benzene rings is 2. The molecule has 0 bridgehead atoms. The van der Waals surface area contributed by atoms with Crippen LogP contribution in [-0.4, -0.2) is 12.1 Å². The largest absolute Gasteiger partial charge is 0.489 e. The maximum absolute atomic E-state index is 12.0. The zero-order valence-electron chi connectivity index (χ0n) is 12.6. The monoisotopic (exact) mass is 318 g/mol. The van der Waals surface area contributed by atoms with Crippen LogP contribution in [0.3, 0.4) is 0 Å². The first kappa shape index (κ1) is 16.2. The highest BCUT2D eigenvalue weighted by Crippen LogP contribution is 2.24. The number of amides is 2. The summed E-state index contributed by atoms with van der Waals surface area (Å²) < 4.78 is 5.66. The first-order valence-corrected chi connectivity index (χ1v) is 7.47. The summed E-state index contributed by atoms with van der Waals surface area (Å²) in [6.45, 7) is 4.31. The van der Waals surface area contributed by atoms with Crippen LogP contribution in [0.1, 0.15) is 19.4 Å². The smallest absolute Gasteiger partial charge is 0.319 e. The van der Waals surface area contributed by atoms with Gasteiger partial charge in [0.25, 0.3) is 0 Å². The molecule has 0 fully saturated rings. The Morgan fingerprint density at radius 3 is 2.50 bits per heavy atom. The van der Waals surface area contributed by atoms with Crippen LogP contribution >= 0.6 is 11.6 Å². The van der Waals surface area contributed by atoms with Gasteiger partial charge in [-0.05, 0) is 43.7 Å². The van der Waals surface area contributed by atoms with Crippen LogP contribution in [-0.2, 0) is 6.54 Å². The van der Waals surface area contributed by atoms with E-state index in [1.54, 1.807) is 18.2 Å². The van der Waals surface area contributed by atoms with E-state index >= 15 is 0 Å². The Bertz CT molecular complexity index is 627. The Morgan fingerprint density at radius 2 is 1.82 bits per heavy atom. The zero-order valence-corrected chi connectivity index (χ0v) is 13.4. The molecule has 0 spiro atoms. The molecule has 2 amide bonds. The quantitative estimate of drug-likeness (QED) is 0.855. The van der Waals surface area contributed by atoms with Gasteiger partial charge in [-0.2, -0.15) is 0 Å². The summed E-state index contributed by atoms with van der Waals surface area (Å²) in [6.07, 6.45) is 0.0417. The van der Waals surface area contributed by atoms with E-state index < -0.39 is 0 Å². The highest BCUT2D eigenvalue weighted by Gasteiger charge is 2.08. The summed E-state index contributed by atoms with van der Waals surface area (Å²) in [5.74, 6) is 0.652. The lowest BCUT2D eigenvalue weighted by Gasteiger charge is -2.15. The Morgan fingerprint density at radius 1 is 1.14 bits per heavy atom. The number of ether oxygens (including phenoxy) is 1. The van der Waals surface area contributed by atoms with Gasteiger partial charge < -0.3 is 15.4 Å². The number of carbonyl (C=O) groups is 1. The second-order valence-electron chi connectivity index (χ2n) is 5.10. The summed E-state index contributed by atoms with van der Waals surface area (Å²) in [6, 6.07) is 14.4. The third kappa shape index (κ3) is 4.97. The minimum absolute atomic E-state index is 0.0417. The Kier molecular flexibility index (Phi) is 5.67. The Balaban J connectivity index is 1.93. The fourth-order valence-corrected chi connectivity index (χ4v) is 2.00. The fourth-order valence-electron chi connectivity index (χ4n) is 1.88. The van der Waals surface area contributed by atoms with Crippen molar-refractivity contribution in [2.24, 2.45) is 0 Å². The van der Waals surface area contributed by atoms with Crippen LogP contribution in [0.5, 0.6) is 5.75 Å². The summed E-state index contributed by atoms with van der Waals surface area (Å²) >= 11 is 5.83. The van der Waals surface area contributed by atoms with Crippen molar-refractivity contribution >= 4 is 23.3 Å². The van der Waals surface area contributed by atoms with Crippen LogP contribution in [0.25, 0.3) is 0 Å². The van der Waals surface area contributed by atoms with E-state index in [-0.39, 0.29) is 12.1 Å². The molecule has 0 aromatic heterocycles. The summed E-state index contributed by atoms with van der Waals surface area (Å²) in [5.41, 5.74) is 1.62. The van der Waals surface area contributed by atoms with Crippen molar-refractivity contribution in [2.45, 2.75) is 26.5 Å². The molecule has 0 atom stereocenters. The number of anilines is 1. The van der Waals surface area contributed by atoms with Crippen molar-refractivity contribution in [3.63, 3.8) is 0 Å². The third-order valence-electron chi connectivity index (χ3n) is 2.86. The van der Waals surface area contributed by atoms with Crippen LogP contribution in [0, 0.1) is 0 Å². The van der Waals surface area contributed by atoms with Crippen LogP contribution in [0.4, 0.5) is 10.5 Å². The number of para-hydroxylation sites is 2. The van der Waals surface area contributed by atoms with Crippen molar-refractivity contribution in [1.82, 2.24) is 5.32 Å². The van der Waals surface area contributed by atoms with E-state index in [0.29, 0.717) is 23.0 Å². The molecule has 2 rings (SSSR count). The second kappa shape index (κ2) is 7.71. The molecule has 0 aliphatic rings. The lowest BCUT2D eigenvalue weighted by atomic mass is 10.2. The standard InChI is InChI=1S/C17H19ClN2O2/c1-12(2)22-16-6-4-3-5-15(16)20-17(21)19-11-13-7-9-14(18)10-8-13/h3-10,12H,11H2,1-2H3,(H2,19,20,21). The summed E-state index contributed by atoms with van der Waals surface area (Å²) in [7, 11) is 0. The molecular weight excluding hydrogens is 300 g/mol. The van der Waals surface area contributed by atoms with Gasteiger partial charge in [0.05, 0.1) is 11.8 Å². The Hall–Kier alpha value is -2.20. The Labute approximate surface area is 135 Å². The van der Waals surface area contributed by atoms with Crippen molar-refractivity contribution in [2.75, 3.05) is 5.32 Å². The van der Waals surface area contributed by atoms with Crippen molar-refractivity contribution in [1.29, 1.82) is 0 Å². The fraction of sp³-hybridized carbons (Fsp3) is 0.235. The molecule has 116 valence electrons. The molecule has 22 heavy (non-hydrogen) atoms. The van der Waals surface area contributed by atoms with Gasteiger partial charge in [-0.1, -0.05) is 35.9 Å². The maximum atomic E-state index is 12.0. The van der Waals surface area contributed by atoms with Gasteiger partial charge in [0.1, 0.15) is 5.75 Å². The van der Waals surface area contributed by atoms with Crippen LogP contribution < -0.4 is 15.4 Å². The SMILES string of the molecule is CC(C)Oc1ccccc1NC(=O)NCc1ccc(Cl)cc1. The predicted octanol–water partition coefficient (Wildman–Crippen LogP) is 4.45. The molecule has 2 N–H and O–H groups in total.